The first-order valence-corrected chi connectivity index (χ1v) is 8.44. The van der Waals surface area contributed by atoms with Gasteiger partial charge in [-0.1, -0.05) is 36.4 Å². The van der Waals surface area contributed by atoms with Crippen LogP contribution >= 0.6 is 11.3 Å². The lowest BCUT2D eigenvalue weighted by molar-refractivity contribution is -0.136. The first-order chi connectivity index (χ1) is 11.6. The number of nitrogens with zero attached hydrogens (tertiary/aromatic N) is 1. The monoisotopic (exact) mass is 342 g/mol. The summed E-state index contributed by atoms with van der Waals surface area (Å²) in [7, 11) is 1.35. The summed E-state index contributed by atoms with van der Waals surface area (Å²) >= 11 is 1.50. The van der Waals surface area contributed by atoms with Crippen LogP contribution < -0.4 is 5.32 Å². The van der Waals surface area contributed by atoms with E-state index in [1.54, 1.807) is 11.8 Å². The number of nitrogens with one attached hydrogen (secondary N) is 1. The molecule has 0 aliphatic carbocycles. The standard InChI is InChI=1S/C18H18N2O3S/c1-12-15(17(21)23-2)16(14-9-6-10-24-14)19-18(22)20(12)11-13-7-4-3-5-8-13/h3-10,16H,11H2,1-2H3,(H,19,22)/t16-/m1/s1. The third-order valence-corrected chi connectivity index (χ3v) is 4.95. The molecular formula is C18H18N2O3S. The maximum atomic E-state index is 12.6. The molecule has 24 heavy (non-hydrogen) atoms. The van der Waals surface area contributed by atoms with E-state index in [1.165, 1.54) is 18.4 Å². The highest BCUT2D eigenvalue weighted by atomic mass is 32.1. The predicted octanol–water partition coefficient (Wildman–Crippen LogP) is 3.46. The summed E-state index contributed by atoms with van der Waals surface area (Å²) in [5, 5.41) is 4.84. The molecule has 0 saturated heterocycles. The summed E-state index contributed by atoms with van der Waals surface area (Å²) in [6.07, 6.45) is 0. The Bertz CT molecular complexity index is 769. The van der Waals surface area contributed by atoms with Gasteiger partial charge in [0.2, 0.25) is 0 Å². The average Bonchev–Trinajstić information content (AvgIpc) is 3.13. The number of allylic oxidation sites excluding steroid dienone is 1. The number of carbonyl (C=O) groups is 2. The fourth-order valence-corrected chi connectivity index (χ4v) is 3.57. The number of rotatable bonds is 4. The molecule has 0 radical (unpaired) electrons. The highest BCUT2D eigenvalue weighted by molar-refractivity contribution is 7.10. The Labute approximate surface area is 144 Å². The maximum absolute atomic E-state index is 12.6. The number of esters is 1. The quantitative estimate of drug-likeness (QED) is 0.866. The number of ether oxygens (including phenoxy) is 1. The number of urea groups is 1. The van der Waals surface area contributed by atoms with Crippen molar-refractivity contribution in [1.29, 1.82) is 0 Å². The molecule has 5 nitrogen and oxygen atoms in total. The summed E-state index contributed by atoms with van der Waals surface area (Å²) in [4.78, 5) is 27.4. The fraction of sp³-hybridized carbons (Fsp3) is 0.222. The van der Waals surface area contributed by atoms with Gasteiger partial charge >= 0.3 is 12.0 Å². The SMILES string of the molecule is COC(=O)C1=C(C)N(Cc2ccccc2)C(=O)N[C@@H]1c1cccs1. The van der Waals surface area contributed by atoms with Crippen molar-refractivity contribution in [3.05, 3.63) is 69.6 Å². The van der Waals surface area contributed by atoms with Crippen molar-refractivity contribution in [1.82, 2.24) is 10.2 Å². The largest absolute Gasteiger partial charge is 0.466 e. The van der Waals surface area contributed by atoms with Gasteiger partial charge in [-0.3, -0.25) is 4.90 Å². The van der Waals surface area contributed by atoms with Crippen molar-refractivity contribution < 1.29 is 14.3 Å². The Morgan fingerprint density at radius 1 is 1.25 bits per heavy atom. The number of hydrogen-bond donors (Lipinski definition) is 1. The second-order valence-electron chi connectivity index (χ2n) is 5.46. The molecule has 0 bridgehead atoms. The summed E-state index contributed by atoms with van der Waals surface area (Å²) in [5.74, 6) is -0.427. The van der Waals surface area contributed by atoms with E-state index in [0.29, 0.717) is 17.8 Å². The van der Waals surface area contributed by atoms with Crippen LogP contribution in [0.4, 0.5) is 4.79 Å². The third-order valence-electron chi connectivity index (χ3n) is 4.01. The molecule has 1 aromatic carbocycles. The Hall–Kier alpha value is -2.60. The lowest BCUT2D eigenvalue weighted by Gasteiger charge is -2.34. The molecule has 0 unspecified atom stereocenters. The lowest BCUT2D eigenvalue weighted by Crippen LogP contribution is -2.47. The maximum Gasteiger partial charge on any atom is 0.338 e. The summed E-state index contributed by atoms with van der Waals surface area (Å²) < 4.78 is 4.95. The lowest BCUT2D eigenvalue weighted by atomic mass is 10.00. The normalized spacial score (nSPS) is 17.7. The van der Waals surface area contributed by atoms with Crippen LogP contribution in [0.5, 0.6) is 0 Å². The summed E-state index contributed by atoms with van der Waals surface area (Å²) in [6, 6.07) is 12.8. The van der Waals surface area contributed by atoms with Crippen molar-refractivity contribution >= 4 is 23.3 Å². The zero-order chi connectivity index (χ0) is 17.1. The van der Waals surface area contributed by atoms with Gasteiger partial charge in [0, 0.05) is 10.6 Å². The number of hydrogen-bond acceptors (Lipinski definition) is 4. The van der Waals surface area contributed by atoms with Crippen LogP contribution in [0, 0.1) is 0 Å². The third kappa shape index (κ3) is 3.05. The van der Waals surface area contributed by atoms with E-state index >= 15 is 0 Å². The molecule has 124 valence electrons. The van der Waals surface area contributed by atoms with E-state index in [9.17, 15) is 9.59 Å². The van der Waals surface area contributed by atoms with Crippen LogP contribution in [-0.4, -0.2) is 24.0 Å². The first kappa shape index (κ1) is 16.3. The molecule has 0 fully saturated rings. The molecule has 1 N–H and O–H groups in total. The van der Waals surface area contributed by atoms with E-state index in [4.69, 9.17) is 4.74 Å². The fourth-order valence-electron chi connectivity index (χ4n) is 2.78. The van der Waals surface area contributed by atoms with Crippen LogP contribution in [0.3, 0.4) is 0 Å². The second-order valence-corrected chi connectivity index (χ2v) is 6.44. The number of amides is 2. The molecule has 6 heteroatoms. The average molecular weight is 342 g/mol. The van der Waals surface area contributed by atoms with Crippen LogP contribution in [0.1, 0.15) is 23.4 Å². The molecule has 3 rings (SSSR count). The van der Waals surface area contributed by atoms with Crippen LogP contribution in [0.2, 0.25) is 0 Å². The van der Waals surface area contributed by atoms with Gasteiger partial charge in [-0.05, 0) is 23.9 Å². The molecule has 1 aliphatic heterocycles. The highest BCUT2D eigenvalue weighted by Crippen LogP contribution is 2.33. The Kier molecular flexibility index (Phi) is 4.66. The predicted molar refractivity (Wildman–Crippen MR) is 92.3 cm³/mol. The zero-order valence-electron chi connectivity index (χ0n) is 13.5. The van der Waals surface area contributed by atoms with Gasteiger partial charge in [0.15, 0.2) is 0 Å². The number of benzene rings is 1. The minimum Gasteiger partial charge on any atom is -0.466 e. The van der Waals surface area contributed by atoms with Gasteiger partial charge in [0.05, 0.1) is 25.3 Å². The summed E-state index contributed by atoms with van der Waals surface area (Å²) in [6.45, 7) is 2.19. The second kappa shape index (κ2) is 6.88. The first-order valence-electron chi connectivity index (χ1n) is 7.56. The minimum absolute atomic E-state index is 0.220. The van der Waals surface area contributed by atoms with Crippen molar-refractivity contribution in [2.24, 2.45) is 0 Å². The van der Waals surface area contributed by atoms with E-state index in [2.05, 4.69) is 5.32 Å². The van der Waals surface area contributed by atoms with Crippen molar-refractivity contribution in [2.45, 2.75) is 19.5 Å². The molecule has 1 aliphatic rings. The summed E-state index contributed by atoms with van der Waals surface area (Å²) in [5.41, 5.74) is 2.08. The zero-order valence-corrected chi connectivity index (χ0v) is 14.3. The van der Waals surface area contributed by atoms with Gasteiger partial charge in [-0.2, -0.15) is 0 Å². The van der Waals surface area contributed by atoms with E-state index < -0.39 is 12.0 Å². The Morgan fingerprint density at radius 2 is 2.00 bits per heavy atom. The number of carbonyl (C=O) groups excluding carboxylic acids is 2. The minimum atomic E-state index is -0.475. The van der Waals surface area contributed by atoms with Gasteiger partial charge < -0.3 is 10.1 Å². The molecule has 0 saturated carbocycles. The molecule has 2 heterocycles. The van der Waals surface area contributed by atoms with E-state index in [0.717, 1.165) is 10.4 Å². The van der Waals surface area contributed by atoms with Gasteiger partial charge in [0.1, 0.15) is 0 Å². The van der Waals surface area contributed by atoms with Crippen molar-refractivity contribution in [3.63, 3.8) is 0 Å². The molecule has 2 aromatic rings. The number of methoxy groups -OCH3 is 1. The topological polar surface area (TPSA) is 58.6 Å². The number of thiophene rings is 1. The van der Waals surface area contributed by atoms with Crippen molar-refractivity contribution in [2.75, 3.05) is 7.11 Å². The molecule has 1 atom stereocenters. The molecular weight excluding hydrogens is 324 g/mol. The van der Waals surface area contributed by atoms with Gasteiger partial charge in [-0.25, -0.2) is 9.59 Å². The van der Waals surface area contributed by atoms with E-state index in [-0.39, 0.29) is 6.03 Å². The van der Waals surface area contributed by atoms with Gasteiger partial charge in [-0.15, -0.1) is 11.3 Å². The van der Waals surface area contributed by atoms with Gasteiger partial charge in [0.25, 0.3) is 0 Å². The Balaban J connectivity index is 2.00. The van der Waals surface area contributed by atoms with Crippen LogP contribution in [-0.2, 0) is 16.1 Å². The molecule has 1 aromatic heterocycles. The van der Waals surface area contributed by atoms with E-state index in [1.807, 2.05) is 47.8 Å². The van der Waals surface area contributed by atoms with Crippen LogP contribution in [0.25, 0.3) is 0 Å². The molecule has 2 amide bonds. The smallest absolute Gasteiger partial charge is 0.338 e. The van der Waals surface area contributed by atoms with Crippen LogP contribution in [0.15, 0.2) is 59.1 Å². The Morgan fingerprint density at radius 3 is 2.62 bits per heavy atom. The van der Waals surface area contributed by atoms with Crippen molar-refractivity contribution in [3.8, 4) is 0 Å². The molecule has 0 spiro atoms. The highest BCUT2D eigenvalue weighted by Gasteiger charge is 2.36.